The number of rotatable bonds is 1. The molecule has 2 rings (SSSR count). The van der Waals surface area contributed by atoms with Gasteiger partial charge in [0.2, 0.25) is 0 Å². The lowest BCUT2D eigenvalue weighted by atomic mass is 9.96. The van der Waals surface area contributed by atoms with Crippen LogP contribution in [0.1, 0.15) is 19.4 Å². The number of hydrogen-bond donors (Lipinski definition) is 1. The van der Waals surface area contributed by atoms with Gasteiger partial charge in [0, 0.05) is 22.6 Å². The highest BCUT2D eigenvalue weighted by Gasteiger charge is 2.31. The Morgan fingerprint density at radius 3 is 2.86 bits per heavy atom. The molecule has 0 radical (unpaired) electrons. The predicted molar refractivity (Wildman–Crippen MR) is 55.1 cm³/mol. The van der Waals surface area contributed by atoms with E-state index in [4.69, 9.17) is 0 Å². The first-order valence-electron chi connectivity index (χ1n) is 4.24. The molecule has 5 heteroatoms. The highest BCUT2D eigenvalue weighted by molar-refractivity contribution is 7.97. The largest absolute Gasteiger partial charge is 0.270 e. The minimum atomic E-state index is -0.369. The molecule has 0 saturated heterocycles. The summed E-state index contributed by atoms with van der Waals surface area (Å²) in [7, 11) is 0. The monoisotopic (exact) mass is 210 g/mol. The molecule has 0 saturated carbocycles. The van der Waals surface area contributed by atoms with E-state index in [2.05, 4.69) is 18.6 Å². The van der Waals surface area contributed by atoms with Crippen LogP contribution < -0.4 is 4.72 Å². The van der Waals surface area contributed by atoms with E-state index in [1.165, 1.54) is 11.9 Å². The number of benzene rings is 1. The van der Waals surface area contributed by atoms with Crippen LogP contribution in [0.4, 0.5) is 5.69 Å². The first-order valence-corrected chi connectivity index (χ1v) is 5.05. The molecule has 0 atom stereocenters. The summed E-state index contributed by atoms with van der Waals surface area (Å²) >= 11 is 1.45. The molecule has 0 fully saturated rings. The minimum absolute atomic E-state index is 0.102. The predicted octanol–water partition coefficient (Wildman–Crippen LogP) is 2.44. The molecular weight excluding hydrogens is 200 g/mol. The number of hydrogen-bond acceptors (Lipinski definition) is 4. The normalized spacial score (nSPS) is 17.9. The highest BCUT2D eigenvalue weighted by Crippen LogP contribution is 2.40. The van der Waals surface area contributed by atoms with Gasteiger partial charge in [0.25, 0.3) is 5.69 Å². The molecule has 1 aliphatic heterocycles. The van der Waals surface area contributed by atoms with Crippen molar-refractivity contribution in [1.29, 1.82) is 0 Å². The van der Waals surface area contributed by atoms with Crippen LogP contribution in [0.15, 0.2) is 23.1 Å². The molecule has 0 bridgehead atoms. The molecule has 1 aromatic rings. The molecule has 1 heterocycles. The van der Waals surface area contributed by atoms with Crippen molar-refractivity contribution in [2.45, 2.75) is 24.3 Å². The topological polar surface area (TPSA) is 55.2 Å². The second kappa shape index (κ2) is 2.96. The van der Waals surface area contributed by atoms with Gasteiger partial charge in [-0.1, -0.05) is 0 Å². The van der Waals surface area contributed by atoms with E-state index in [0.29, 0.717) is 0 Å². The van der Waals surface area contributed by atoms with Gasteiger partial charge in [-0.25, -0.2) is 4.72 Å². The second-order valence-electron chi connectivity index (χ2n) is 3.77. The lowest BCUT2D eigenvalue weighted by molar-refractivity contribution is -0.385. The van der Waals surface area contributed by atoms with E-state index >= 15 is 0 Å². The van der Waals surface area contributed by atoms with Crippen LogP contribution in [-0.2, 0) is 5.54 Å². The number of non-ortho nitro benzene ring substituents is 1. The fourth-order valence-electron chi connectivity index (χ4n) is 1.46. The fraction of sp³-hybridized carbons (Fsp3) is 0.333. The third-order valence-electron chi connectivity index (χ3n) is 2.27. The smallest absolute Gasteiger partial charge is 0.258 e. The van der Waals surface area contributed by atoms with Gasteiger partial charge in [-0.15, -0.1) is 0 Å². The van der Waals surface area contributed by atoms with Gasteiger partial charge in [-0.05, 0) is 37.4 Å². The molecule has 0 aliphatic carbocycles. The average molecular weight is 210 g/mol. The summed E-state index contributed by atoms with van der Waals surface area (Å²) in [6.45, 7) is 4.11. The standard InChI is InChI=1S/C9H10N2O2S/c1-9(2)7-4-3-6(11(12)13)5-8(7)14-10-9/h3-5,10H,1-2H3. The van der Waals surface area contributed by atoms with Crippen molar-refractivity contribution in [3.63, 3.8) is 0 Å². The Hall–Kier alpha value is -1.07. The molecule has 14 heavy (non-hydrogen) atoms. The number of nitrogens with zero attached hydrogens (tertiary/aromatic N) is 1. The Labute approximate surface area is 86.0 Å². The molecule has 0 aromatic heterocycles. The molecular formula is C9H10N2O2S. The van der Waals surface area contributed by atoms with Gasteiger partial charge in [0.15, 0.2) is 0 Å². The lowest BCUT2D eigenvalue weighted by Crippen LogP contribution is -2.25. The fourth-order valence-corrected chi connectivity index (χ4v) is 2.55. The summed E-state index contributed by atoms with van der Waals surface area (Å²) in [6.07, 6.45) is 0. The SMILES string of the molecule is CC1(C)NSc2cc([N+](=O)[O-])ccc21. The molecule has 1 N–H and O–H groups in total. The van der Waals surface area contributed by atoms with Crippen LogP contribution in [0.3, 0.4) is 0 Å². The Morgan fingerprint density at radius 2 is 2.21 bits per heavy atom. The van der Waals surface area contributed by atoms with Gasteiger partial charge in [-0.2, -0.15) is 0 Å². The van der Waals surface area contributed by atoms with Gasteiger partial charge in [-0.3, -0.25) is 10.1 Å². The Kier molecular flexibility index (Phi) is 2.01. The molecule has 0 spiro atoms. The van der Waals surface area contributed by atoms with E-state index in [-0.39, 0.29) is 16.1 Å². The van der Waals surface area contributed by atoms with Crippen molar-refractivity contribution in [2.24, 2.45) is 0 Å². The van der Waals surface area contributed by atoms with Crippen molar-refractivity contribution >= 4 is 17.6 Å². The summed E-state index contributed by atoms with van der Waals surface area (Å²) in [6, 6.07) is 4.98. The van der Waals surface area contributed by atoms with Gasteiger partial charge >= 0.3 is 0 Å². The van der Waals surface area contributed by atoms with Crippen molar-refractivity contribution in [1.82, 2.24) is 4.72 Å². The summed E-state index contributed by atoms with van der Waals surface area (Å²) in [5.41, 5.74) is 1.17. The zero-order chi connectivity index (χ0) is 10.3. The molecule has 0 unspecified atom stereocenters. The first-order chi connectivity index (χ1) is 6.50. The van der Waals surface area contributed by atoms with Gasteiger partial charge in [0.05, 0.1) is 4.92 Å². The van der Waals surface area contributed by atoms with E-state index in [0.717, 1.165) is 10.5 Å². The highest BCUT2D eigenvalue weighted by atomic mass is 32.2. The van der Waals surface area contributed by atoms with Gasteiger partial charge in [0.1, 0.15) is 0 Å². The molecule has 74 valence electrons. The summed E-state index contributed by atoms with van der Waals surface area (Å²) < 4.78 is 3.22. The number of fused-ring (bicyclic) bond motifs is 1. The van der Waals surface area contributed by atoms with Crippen LogP contribution >= 0.6 is 11.9 Å². The van der Waals surface area contributed by atoms with Gasteiger partial charge < -0.3 is 0 Å². The molecule has 1 aliphatic rings. The zero-order valence-electron chi connectivity index (χ0n) is 7.90. The van der Waals surface area contributed by atoms with Crippen molar-refractivity contribution in [2.75, 3.05) is 0 Å². The maximum atomic E-state index is 10.5. The maximum Gasteiger partial charge on any atom is 0.270 e. The Bertz CT molecular complexity index is 404. The number of nitro benzene ring substituents is 1. The van der Waals surface area contributed by atoms with Crippen LogP contribution in [-0.4, -0.2) is 4.92 Å². The third-order valence-corrected chi connectivity index (χ3v) is 3.44. The van der Waals surface area contributed by atoms with Crippen molar-refractivity contribution < 1.29 is 4.92 Å². The zero-order valence-corrected chi connectivity index (χ0v) is 8.72. The Morgan fingerprint density at radius 1 is 1.50 bits per heavy atom. The minimum Gasteiger partial charge on any atom is -0.258 e. The lowest BCUT2D eigenvalue weighted by Gasteiger charge is -2.17. The average Bonchev–Trinajstić information content (AvgIpc) is 2.42. The van der Waals surface area contributed by atoms with E-state index in [1.807, 2.05) is 6.07 Å². The molecule has 4 nitrogen and oxygen atoms in total. The first kappa shape index (κ1) is 9.48. The summed E-state index contributed by atoms with van der Waals surface area (Å²) in [4.78, 5) is 11.1. The number of nitrogens with one attached hydrogen (secondary N) is 1. The van der Waals surface area contributed by atoms with E-state index in [1.54, 1.807) is 12.1 Å². The van der Waals surface area contributed by atoms with Crippen molar-refractivity contribution in [3.05, 3.63) is 33.9 Å². The maximum absolute atomic E-state index is 10.5. The van der Waals surface area contributed by atoms with Crippen LogP contribution in [0, 0.1) is 10.1 Å². The van der Waals surface area contributed by atoms with Crippen LogP contribution in [0.25, 0.3) is 0 Å². The molecule has 0 amide bonds. The second-order valence-corrected chi connectivity index (χ2v) is 4.61. The van der Waals surface area contributed by atoms with Crippen molar-refractivity contribution in [3.8, 4) is 0 Å². The van der Waals surface area contributed by atoms with Crippen LogP contribution in [0.5, 0.6) is 0 Å². The summed E-state index contributed by atoms with van der Waals surface area (Å²) in [5.74, 6) is 0. The molecule has 1 aromatic carbocycles. The Balaban J connectivity index is 2.49. The third kappa shape index (κ3) is 1.38. The summed E-state index contributed by atoms with van der Waals surface area (Å²) in [5, 5.41) is 10.5. The van der Waals surface area contributed by atoms with E-state index < -0.39 is 0 Å². The quantitative estimate of drug-likeness (QED) is 0.439. The number of nitro groups is 1. The van der Waals surface area contributed by atoms with Crippen LogP contribution in [0.2, 0.25) is 0 Å². The van der Waals surface area contributed by atoms with E-state index in [9.17, 15) is 10.1 Å².